The Bertz CT molecular complexity index is 585. The van der Waals surface area contributed by atoms with Crippen molar-refractivity contribution >= 4 is 10.0 Å². The molecular weight excluding hydrogens is 278 g/mol. The zero-order chi connectivity index (χ0) is 14.8. The van der Waals surface area contributed by atoms with Crippen molar-refractivity contribution in [2.24, 2.45) is 0 Å². The molecule has 0 saturated carbocycles. The first-order valence-electron chi connectivity index (χ1n) is 6.77. The highest BCUT2D eigenvalue weighted by atomic mass is 32.2. The molecule has 1 aromatic carbocycles. The summed E-state index contributed by atoms with van der Waals surface area (Å²) in [6.07, 6.45) is 2.25. The summed E-state index contributed by atoms with van der Waals surface area (Å²) in [4.78, 5) is 0. The second-order valence-electron chi connectivity index (χ2n) is 5.13. The molecule has 2 N–H and O–H groups in total. The van der Waals surface area contributed by atoms with Crippen LogP contribution in [0.2, 0.25) is 0 Å². The second-order valence-corrected chi connectivity index (χ2v) is 7.23. The molecule has 1 unspecified atom stereocenters. The van der Waals surface area contributed by atoms with Gasteiger partial charge in [-0.15, -0.1) is 0 Å². The maximum Gasteiger partial charge on any atom is 0.211 e. The van der Waals surface area contributed by atoms with Crippen molar-refractivity contribution in [1.29, 1.82) is 0 Å². The third kappa shape index (κ3) is 3.13. The number of benzene rings is 1. The molecule has 112 valence electrons. The summed E-state index contributed by atoms with van der Waals surface area (Å²) in [7, 11) is -1.70. The highest BCUT2D eigenvalue weighted by molar-refractivity contribution is 7.89. The van der Waals surface area contributed by atoms with Gasteiger partial charge in [-0.25, -0.2) is 13.1 Å². The lowest BCUT2D eigenvalue weighted by atomic mass is 9.79. The molecule has 0 amide bonds. The smallest absolute Gasteiger partial charge is 0.211 e. The molecule has 1 aromatic rings. The predicted molar refractivity (Wildman–Crippen MR) is 77.3 cm³/mol. The molecule has 0 aromatic heterocycles. The van der Waals surface area contributed by atoms with Gasteiger partial charge in [0.25, 0.3) is 0 Å². The predicted octanol–water partition coefficient (Wildman–Crippen LogP) is 1.16. The Morgan fingerprint density at radius 1 is 1.45 bits per heavy atom. The number of hydrogen-bond donors (Lipinski definition) is 2. The van der Waals surface area contributed by atoms with E-state index in [0.717, 1.165) is 29.7 Å². The van der Waals surface area contributed by atoms with Crippen molar-refractivity contribution in [2.75, 3.05) is 19.4 Å². The van der Waals surface area contributed by atoms with E-state index in [9.17, 15) is 13.5 Å². The molecule has 20 heavy (non-hydrogen) atoms. The molecule has 2 rings (SSSR count). The fraction of sp³-hybridized carbons (Fsp3) is 0.571. The van der Waals surface area contributed by atoms with Gasteiger partial charge in [-0.1, -0.05) is 6.07 Å². The normalized spacial score (nSPS) is 22.4. The Morgan fingerprint density at radius 2 is 2.20 bits per heavy atom. The van der Waals surface area contributed by atoms with Crippen molar-refractivity contribution < 1.29 is 18.3 Å². The van der Waals surface area contributed by atoms with E-state index in [0.29, 0.717) is 6.42 Å². The van der Waals surface area contributed by atoms with Crippen LogP contribution in [0.15, 0.2) is 18.2 Å². The van der Waals surface area contributed by atoms with Gasteiger partial charge in [0.2, 0.25) is 10.0 Å². The first-order chi connectivity index (χ1) is 9.40. The van der Waals surface area contributed by atoms with Gasteiger partial charge < -0.3 is 9.84 Å². The minimum absolute atomic E-state index is 0.0125. The lowest BCUT2D eigenvalue weighted by Gasteiger charge is -2.34. The molecule has 1 aliphatic carbocycles. The fourth-order valence-electron chi connectivity index (χ4n) is 2.58. The molecule has 0 bridgehead atoms. The second kappa shape index (κ2) is 5.71. The maximum atomic E-state index is 11.6. The van der Waals surface area contributed by atoms with E-state index in [1.165, 1.54) is 0 Å². The van der Waals surface area contributed by atoms with Crippen molar-refractivity contribution in [3.63, 3.8) is 0 Å². The summed E-state index contributed by atoms with van der Waals surface area (Å²) in [5.74, 6) is 0.764. The van der Waals surface area contributed by atoms with Crippen molar-refractivity contribution in [3.8, 4) is 5.75 Å². The largest absolute Gasteiger partial charge is 0.497 e. The zero-order valence-electron chi connectivity index (χ0n) is 11.8. The number of sulfonamides is 1. The van der Waals surface area contributed by atoms with Crippen molar-refractivity contribution in [1.82, 2.24) is 4.72 Å². The Hall–Kier alpha value is -1.11. The molecule has 0 saturated heterocycles. The number of rotatable bonds is 5. The number of methoxy groups -OCH3 is 1. The van der Waals surface area contributed by atoms with Crippen LogP contribution in [0.3, 0.4) is 0 Å². The number of ether oxygens (including phenoxy) is 1. The van der Waals surface area contributed by atoms with Crippen molar-refractivity contribution in [3.05, 3.63) is 29.3 Å². The monoisotopic (exact) mass is 299 g/mol. The number of fused-ring (bicyclic) bond motifs is 1. The first kappa shape index (κ1) is 15.3. The van der Waals surface area contributed by atoms with Gasteiger partial charge in [0.15, 0.2) is 0 Å². The van der Waals surface area contributed by atoms with Gasteiger partial charge in [-0.05, 0) is 49.4 Å². The van der Waals surface area contributed by atoms with Gasteiger partial charge >= 0.3 is 0 Å². The van der Waals surface area contributed by atoms with Crippen LogP contribution in [0, 0.1) is 0 Å². The van der Waals surface area contributed by atoms with Crippen LogP contribution in [0.25, 0.3) is 0 Å². The van der Waals surface area contributed by atoms with Crippen LogP contribution < -0.4 is 9.46 Å². The number of hydrogen-bond acceptors (Lipinski definition) is 4. The summed E-state index contributed by atoms with van der Waals surface area (Å²) in [5.41, 5.74) is 0.680. The SMILES string of the molecule is CCS(=O)(=O)NCC1(O)CCCc2cc(OC)ccc21. The fourth-order valence-corrected chi connectivity index (χ4v) is 3.24. The van der Waals surface area contributed by atoms with Gasteiger partial charge in [0, 0.05) is 6.54 Å². The van der Waals surface area contributed by atoms with E-state index < -0.39 is 15.6 Å². The summed E-state index contributed by atoms with van der Waals surface area (Å²) in [5, 5.41) is 10.8. The summed E-state index contributed by atoms with van der Waals surface area (Å²) < 4.78 is 30.8. The van der Waals surface area contributed by atoms with E-state index in [2.05, 4.69) is 4.72 Å². The Kier molecular flexibility index (Phi) is 4.36. The summed E-state index contributed by atoms with van der Waals surface area (Å²) in [6.45, 7) is 1.59. The van der Waals surface area contributed by atoms with Crippen LogP contribution in [0.5, 0.6) is 5.75 Å². The molecular formula is C14H21NO4S. The van der Waals surface area contributed by atoms with Crippen LogP contribution in [-0.4, -0.2) is 32.9 Å². The zero-order valence-corrected chi connectivity index (χ0v) is 12.7. The van der Waals surface area contributed by atoms with Crippen LogP contribution >= 0.6 is 0 Å². The van der Waals surface area contributed by atoms with E-state index in [4.69, 9.17) is 4.74 Å². The Balaban J connectivity index is 2.26. The van der Waals surface area contributed by atoms with Gasteiger partial charge in [-0.2, -0.15) is 0 Å². The number of aliphatic hydroxyl groups is 1. The first-order valence-corrected chi connectivity index (χ1v) is 8.42. The molecule has 5 nitrogen and oxygen atoms in total. The molecule has 0 aliphatic heterocycles. The molecule has 6 heteroatoms. The van der Waals surface area contributed by atoms with Crippen LogP contribution in [0.1, 0.15) is 30.9 Å². The van der Waals surface area contributed by atoms with Gasteiger partial charge in [-0.3, -0.25) is 0 Å². The molecule has 0 heterocycles. The van der Waals surface area contributed by atoms with E-state index >= 15 is 0 Å². The van der Waals surface area contributed by atoms with E-state index in [-0.39, 0.29) is 12.3 Å². The van der Waals surface area contributed by atoms with Gasteiger partial charge in [0.1, 0.15) is 11.4 Å². The highest BCUT2D eigenvalue weighted by Gasteiger charge is 2.35. The highest BCUT2D eigenvalue weighted by Crippen LogP contribution is 2.36. The van der Waals surface area contributed by atoms with Crippen LogP contribution in [0.4, 0.5) is 0 Å². The van der Waals surface area contributed by atoms with Gasteiger partial charge in [0.05, 0.1) is 12.9 Å². The Labute approximate surface area is 120 Å². The molecule has 1 atom stereocenters. The summed E-state index contributed by atoms with van der Waals surface area (Å²) in [6, 6.07) is 5.53. The molecule has 0 fully saturated rings. The third-order valence-corrected chi connectivity index (χ3v) is 5.16. The standard InChI is InChI=1S/C14H21NO4S/c1-3-20(17,18)15-10-14(16)8-4-5-11-9-12(19-2)6-7-13(11)14/h6-7,9,15-16H,3-5,8,10H2,1-2H3. The lowest BCUT2D eigenvalue weighted by Crippen LogP contribution is -2.43. The van der Waals surface area contributed by atoms with Crippen LogP contribution in [-0.2, 0) is 22.0 Å². The maximum absolute atomic E-state index is 11.6. The minimum atomic E-state index is -3.31. The molecule has 1 aliphatic rings. The average Bonchev–Trinajstić information content (AvgIpc) is 2.45. The minimum Gasteiger partial charge on any atom is -0.497 e. The van der Waals surface area contributed by atoms with Crippen molar-refractivity contribution in [2.45, 2.75) is 31.8 Å². The average molecular weight is 299 g/mol. The lowest BCUT2D eigenvalue weighted by molar-refractivity contribution is 0.0242. The quantitative estimate of drug-likeness (QED) is 0.855. The third-order valence-electron chi connectivity index (χ3n) is 3.81. The summed E-state index contributed by atoms with van der Waals surface area (Å²) >= 11 is 0. The van der Waals surface area contributed by atoms with E-state index in [1.54, 1.807) is 20.1 Å². The Morgan fingerprint density at radius 3 is 2.85 bits per heavy atom. The number of nitrogens with one attached hydrogen (secondary N) is 1. The molecule has 0 spiro atoms. The topological polar surface area (TPSA) is 75.6 Å². The molecule has 0 radical (unpaired) electrons. The van der Waals surface area contributed by atoms with E-state index in [1.807, 2.05) is 12.1 Å². The number of aryl methyl sites for hydroxylation is 1.